The van der Waals surface area contributed by atoms with Crippen molar-refractivity contribution in [2.75, 3.05) is 26.8 Å². The van der Waals surface area contributed by atoms with Crippen molar-refractivity contribution in [3.8, 4) is 0 Å². The van der Waals surface area contributed by atoms with E-state index >= 15 is 0 Å². The molecule has 7 atom stereocenters. The van der Waals surface area contributed by atoms with Gasteiger partial charge in [0.15, 0.2) is 24.6 Å². The van der Waals surface area contributed by atoms with Crippen molar-refractivity contribution in [1.82, 2.24) is 10.6 Å². The van der Waals surface area contributed by atoms with E-state index in [-0.39, 0.29) is 43.1 Å². The van der Waals surface area contributed by atoms with Crippen molar-refractivity contribution in [3.05, 3.63) is 48.0 Å². The van der Waals surface area contributed by atoms with Gasteiger partial charge in [0.25, 0.3) is 0 Å². The molecule has 2 aliphatic heterocycles. The number of carbonyl (C=O) groups excluding carboxylic acids is 5. The molecule has 13 heteroatoms. The van der Waals surface area contributed by atoms with Crippen LogP contribution in [-0.2, 0) is 42.9 Å². The third-order valence-electron chi connectivity index (χ3n) is 8.00. The average molecular weight is 661 g/mol. The van der Waals surface area contributed by atoms with E-state index in [0.717, 1.165) is 25.7 Å². The lowest BCUT2D eigenvalue weighted by molar-refractivity contribution is -0.301. The summed E-state index contributed by atoms with van der Waals surface area (Å²) >= 11 is 0. The standard InChI is InChI=1S/C34H48N2O11/c1-4-6-17-35-26(38)19-23-15-11-12-16-24(20-27(39)36-18-7-5-2)33(42)47-30-29(46-32(23)41)28(25(21-37)44-34(30)43-3)45-31(40)22-13-9-8-10-14-22/h8-14,23-25,28-30,34,37H,4-7,15-21H2,1-3H3,(H,35,38)(H,36,39)/t23-,24-,25-,28-,29+,30+,34+/m1/s1. The maximum Gasteiger partial charge on any atom is 0.338 e. The van der Waals surface area contributed by atoms with Crippen LogP contribution in [0.15, 0.2) is 42.5 Å². The summed E-state index contributed by atoms with van der Waals surface area (Å²) in [4.78, 5) is 66.1. The van der Waals surface area contributed by atoms with Gasteiger partial charge in [-0.2, -0.15) is 0 Å². The molecule has 1 aromatic carbocycles. The quantitative estimate of drug-likeness (QED) is 0.116. The number of nitrogens with one attached hydrogen (secondary N) is 2. The lowest BCUT2D eigenvalue weighted by Gasteiger charge is -2.44. The van der Waals surface area contributed by atoms with Crippen LogP contribution in [0.5, 0.6) is 0 Å². The van der Waals surface area contributed by atoms with Gasteiger partial charge in [0.2, 0.25) is 11.8 Å². The van der Waals surface area contributed by atoms with Crippen molar-refractivity contribution in [2.24, 2.45) is 11.8 Å². The van der Waals surface area contributed by atoms with E-state index in [0.29, 0.717) is 13.1 Å². The molecule has 0 radical (unpaired) electrons. The van der Waals surface area contributed by atoms with E-state index < -0.39 is 67.1 Å². The first-order valence-electron chi connectivity index (χ1n) is 16.4. The van der Waals surface area contributed by atoms with Crippen LogP contribution >= 0.6 is 0 Å². The molecule has 2 aliphatic rings. The highest BCUT2D eigenvalue weighted by Crippen LogP contribution is 2.32. The van der Waals surface area contributed by atoms with E-state index in [4.69, 9.17) is 23.7 Å². The van der Waals surface area contributed by atoms with Crippen molar-refractivity contribution >= 4 is 29.7 Å². The Labute approximate surface area is 275 Å². The Hall–Kier alpha value is -3.81. The monoisotopic (exact) mass is 660 g/mol. The Balaban J connectivity index is 1.99. The van der Waals surface area contributed by atoms with E-state index in [1.807, 2.05) is 13.8 Å². The second-order valence-corrected chi connectivity index (χ2v) is 11.7. The Kier molecular flexibility index (Phi) is 15.8. The Morgan fingerprint density at radius 3 is 1.87 bits per heavy atom. The number of hydrogen-bond donors (Lipinski definition) is 3. The van der Waals surface area contributed by atoms with Crippen LogP contribution in [0.2, 0.25) is 0 Å². The minimum Gasteiger partial charge on any atom is -0.454 e. The van der Waals surface area contributed by atoms with Crippen molar-refractivity contribution in [3.63, 3.8) is 0 Å². The van der Waals surface area contributed by atoms with Gasteiger partial charge >= 0.3 is 17.9 Å². The smallest absolute Gasteiger partial charge is 0.338 e. The number of fused-ring (bicyclic) bond motifs is 1. The zero-order valence-electron chi connectivity index (χ0n) is 27.4. The normalized spacial score (nSPS) is 26.4. The lowest BCUT2D eigenvalue weighted by atomic mass is 9.94. The number of benzene rings is 1. The van der Waals surface area contributed by atoms with E-state index in [9.17, 15) is 29.1 Å². The fourth-order valence-corrected chi connectivity index (χ4v) is 5.29. The molecule has 47 heavy (non-hydrogen) atoms. The molecule has 3 rings (SSSR count). The van der Waals surface area contributed by atoms with Crippen LogP contribution in [0, 0.1) is 11.8 Å². The zero-order valence-corrected chi connectivity index (χ0v) is 27.4. The fraction of sp³-hybridized carbons (Fsp3) is 0.618. The van der Waals surface area contributed by atoms with Gasteiger partial charge in [-0.05, 0) is 37.8 Å². The predicted molar refractivity (Wildman–Crippen MR) is 169 cm³/mol. The summed E-state index contributed by atoms with van der Waals surface area (Å²) in [7, 11) is 1.28. The van der Waals surface area contributed by atoms with Crippen molar-refractivity contribution < 1.29 is 52.8 Å². The summed E-state index contributed by atoms with van der Waals surface area (Å²) in [6.07, 6.45) is -0.422. The molecule has 13 nitrogen and oxygen atoms in total. The van der Waals surface area contributed by atoms with E-state index in [1.165, 1.54) is 19.2 Å². The minimum atomic E-state index is -1.50. The number of esters is 3. The molecule has 3 N–H and O–H groups in total. The topological polar surface area (TPSA) is 176 Å². The summed E-state index contributed by atoms with van der Waals surface area (Å²) in [6.45, 7) is 4.25. The lowest BCUT2D eigenvalue weighted by Crippen LogP contribution is -2.63. The van der Waals surface area contributed by atoms with Gasteiger partial charge in [0, 0.05) is 33.0 Å². The van der Waals surface area contributed by atoms with E-state index in [1.54, 1.807) is 30.4 Å². The zero-order chi connectivity index (χ0) is 34.2. The summed E-state index contributed by atoms with van der Waals surface area (Å²) in [6, 6.07) is 8.05. The van der Waals surface area contributed by atoms with Gasteiger partial charge in [-0.25, -0.2) is 4.79 Å². The largest absolute Gasteiger partial charge is 0.454 e. The molecule has 0 bridgehead atoms. The third kappa shape index (κ3) is 11.4. The second kappa shape index (κ2) is 19.8. The molecule has 0 aromatic heterocycles. The number of ether oxygens (including phenoxy) is 5. The molecule has 0 spiro atoms. The molecule has 0 saturated carbocycles. The molecule has 260 valence electrons. The molecule has 1 fully saturated rings. The number of amides is 2. The summed E-state index contributed by atoms with van der Waals surface area (Å²) in [5.74, 6) is -4.90. The van der Waals surface area contributed by atoms with E-state index in [2.05, 4.69) is 10.6 Å². The van der Waals surface area contributed by atoms with Gasteiger partial charge in [-0.1, -0.05) is 57.0 Å². The number of hydrogen-bond acceptors (Lipinski definition) is 11. The van der Waals surface area contributed by atoms with Crippen molar-refractivity contribution in [2.45, 2.75) is 95.9 Å². The average Bonchev–Trinajstić information content (AvgIpc) is 3.06. The van der Waals surface area contributed by atoms with Crippen LogP contribution in [-0.4, -0.2) is 92.3 Å². The number of unbranched alkanes of at least 4 members (excludes halogenated alkanes) is 2. The third-order valence-corrected chi connectivity index (χ3v) is 8.00. The van der Waals surface area contributed by atoms with Gasteiger partial charge in [-0.15, -0.1) is 0 Å². The predicted octanol–water partition coefficient (Wildman–Crippen LogP) is 2.59. The summed E-state index contributed by atoms with van der Waals surface area (Å²) in [5.41, 5.74) is 0.187. The Morgan fingerprint density at radius 2 is 1.38 bits per heavy atom. The molecule has 2 amide bonds. The van der Waals surface area contributed by atoms with Gasteiger partial charge in [0.1, 0.15) is 6.10 Å². The fourth-order valence-electron chi connectivity index (χ4n) is 5.29. The molecular formula is C34H48N2O11. The highest BCUT2D eigenvalue weighted by Gasteiger charge is 2.53. The molecule has 0 aliphatic carbocycles. The molecule has 2 heterocycles. The van der Waals surface area contributed by atoms with Crippen LogP contribution < -0.4 is 10.6 Å². The number of aliphatic hydroxyl groups excluding tert-OH is 1. The highest BCUT2D eigenvalue weighted by atomic mass is 16.7. The molecular weight excluding hydrogens is 612 g/mol. The van der Waals surface area contributed by atoms with Gasteiger partial charge < -0.3 is 39.4 Å². The molecule has 1 aromatic rings. The van der Waals surface area contributed by atoms with Crippen LogP contribution in [0.25, 0.3) is 0 Å². The number of carbonyl (C=O) groups is 5. The number of allylic oxidation sites excluding steroid dienone is 2. The van der Waals surface area contributed by atoms with Crippen LogP contribution in [0.3, 0.4) is 0 Å². The number of rotatable bonds is 14. The Morgan fingerprint density at radius 1 is 0.851 bits per heavy atom. The maximum absolute atomic E-state index is 13.7. The summed E-state index contributed by atoms with van der Waals surface area (Å²) in [5, 5.41) is 15.9. The number of aliphatic hydroxyl groups is 1. The first-order valence-corrected chi connectivity index (χ1v) is 16.4. The molecule has 1 saturated heterocycles. The molecule has 0 unspecified atom stereocenters. The first kappa shape index (κ1) is 37.6. The second-order valence-electron chi connectivity index (χ2n) is 11.7. The Bertz CT molecular complexity index is 1210. The SMILES string of the molecule is CCCCNC(=O)C[C@H]1CC=CC[C@H](CC(=O)NCCCC)C(=O)O[C@@H]2[C@@H](OC)O[C@H](CO)[C@@H](OC(=O)c3ccccc3)[C@@H]2OC1=O. The van der Waals surface area contributed by atoms with Crippen LogP contribution in [0.4, 0.5) is 0 Å². The van der Waals surface area contributed by atoms with Crippen LogP contribution in [0.1, 0.15) is 75.6 Å². The maximum atomic E-state index is 13.7. The van der Waals surface area contributed by atoms with Gasteiger partial charge in [0.05, 0.1) is 24.0 Å². The van der Waals surface area contributed by atoms with Crippen molar-refractivity contribution in [1.29, 1.82) is 0 Å². The minimum absolute atomic E-state index is 0.101. The first-order chi connectivity index (χ1) is 22.7. The summed E-state index contributed by atoms with van der Waals surface area (Å²) < 4.78 is 28.9. The number of methoxy groups -OCH3 is 1. The van der Waals surface area contributed by atoms with Gasteiger partial charge in [-0.3, -0.25) is 19.2 Å². The highest BCUT2D eigenvalue weighted by molar-refractivity contribution is 5.89.